The summed E-state index contributed by atoms with van der Waals surface area (Å²) in [6.07, 6.45) is 4.75. The number of amides is 3. The first-order chi connectivity index (χ1) is 19.9. The summed E-state index contributed by atoms with van der Waals surface area (Å²) in [6, 6.07) is 19.8. The van der Waals surface area contributed by atoms with E-state index in [1.807, 2.05) is 100 Å². The minimum atomic E-state index is -1.08. The van der Waals surface area contributed by atoms with Crippen molar-refractivity contribution in [3.63, 3.8) is 0 Å². The van der Waals surface area contributed by atoms with E-state index in [2.05, 4.69) is 10.6 Å². The fraction of sp³-hybridized carbons (Fsp3) is 0.412. The van der Waals surface area contributed by atoms with E-state index < -0.39 is 11.6 Å². The Morgan fingerprint density at radius 1 is 0.976 bits per heavy atom. The zero-order chi connectivity index (χ0) is 30.4. The van der Waals surface area contributed by atoms with E-state index in [0.29, 0.717) is 18.0 Å². The number of carboxylic acid groups (broad SMARTS) is 1. The first kappa shape index (κ1) is 30.8. The highest BCUT2D eigenvalue weighted by Gasteiger charge is 2.28. The van der Waals surface area contributed by atoms with Gasteiger partial charge in [-0.2, -0.15) is 0 Å². The molecule has 0 aliphatic heterocycles. The highest BCUT2D eigenvalue weighted by atomic mass is 16.4. The molecule has 1 aliphatic rings. The van der Waals surface area contributed by atoms with Gasteiger partial charge >= 0.3 is 6.09 Å². The number of pyridine rings is 1. The van der Waals surface area contributed by atoms with Gasteiger partial charge in [0.2, 0.25) is 11.8 Å². The lowest BCUT2D eigenvalue weighted by Crippen LogP contribution is -2.41. The van der Waals surface area contributed by atoms with Crippen molar-refractivity contribution in [3.05, 3.63) is 72.4 Å². The molecule has 8 heteroatoms. The molecule has 8 nitrogen and oxygen atoms in total. The second-order valence-corrected chi connectivity index (χ2v) is 12.1. The van der Waals surface area contributed by atoms with Gasteiger partial charge in [-0.3, -0.25) is 14.6 Å². The Hall–Kier alpha value is -4.20. The molecule has 1 aliphatic carbocycles. The lowest BCUT2D eigenvalue weighted by Gasteiger charge is -2.35. The van der Waals surface area contributed by atoms with Crippen molar-refractivity contribution in [1.82, 2.24) is 15.2 Å². The van der Waals surface area contributed by atoms with E-state index in [-0.39, 0.29) is 23.8 Å². The normalized spacial score (nSPS) is 17.0. The van der Waals surface area contributed by atoms with Crippen molar-refractivity contribution in [3.8, 4) is 22.4 Å². The van der Waals surface area contributed by atoms with Gasteiger partial charge in [0.15, 0.2) is 0 Å². The third kappa shape index (κ3) is 7.55. The summed E-state index contributed by atoms with van der Waals surface area (Å²) in [5, 5.41) is 14.8. The van der Waals surface area contributed by atoms with Crippen molar-refractivity contribution in [2.75, 3.05) is 12.4 Å². The van der Waals surface area contributed by atoms with Crippen LogP contribution >= 0.6 is 0 Å². The summed E-state index contributed by atoms with van der Waals surface area (Å²) in [5.41, 5.74) is 4.27. The maximum absolute atomic E-state index is 13.1. The smallest absolute Gasteiger partial charge is 0.405 e. The second kappa shape index (κ2) is 13.2. The summed E-state index contributed by atoms with van der Waals surface area (Å²) >= 11 is 0. The van der Waals surface area contributed by atoms with Gasteiger partial charge in [-0.25, -0.2) is 4.79 Å². The van der Waals surface area contributed by atoms with E-state index >= 15 is 0 Å². The van der Waals surface area contributed by atoms with Crippen LogP contribution in [0.3, 0.4) is 0 Å². The number of hydrogen-bond donors (Lipinski definition) is 3. The molecule has 4 rings (SSSR count). The van der Waals surface area contributed by atoms with Gasteiger partial charge < -0.3 is 20.6 Å². The average Bonchev–Trinajstić information content (AvgIpc) is 2.96. The van der Waals surface area contributed by atoms with Crippen molar-refractivity contribution in [2.45, 2.75) is 71.4 Å². The molecule has 0 bridgehead atoms. The Labute approximate surface area is 248 Å². The zero-order valence-electron chi connectivity index (χ0n) is 25.2. The number of benzene rings is 2. The van der Waals surface area contributed by atoms with E-state index in [1.165, 1.54) is 0 Å². The number of carbonyl (C=O) groups excluding carboxylic acids is 2. The van der Waals surface area contributed by atoms with Gasteiger partial charge in [0, 0.05) is 36.6 Å². The van der Waals surface area contributed by atoms with Gasteiger partial charge in [0.05, 0.1) is 23.1 Å². The van der Waals surface area contributed by atoms with Crippen molar-refractivity contribution < 1.29 is 19.5 Å². The summed E-state index contributed by atoms with van der Waals surface area (Å²) in [4.78, 5) is 43.3. The molecule has 1 saturated carbocycles. The minimum absolute atomic E-state index is 0.00750. The molecule has 0 saturated heterocycles. The Morgan fingerprint density at radius 3 is 2.21 bits per heavy atom. The molecular formula is C34H42N4O4. The molecule has 2 aromatic carbocycles. The average molecular weight is 571 g/mol. The van der Waals surface area contributed by atoms with E-state index in [1.54, 1.807) is 6.20 Å². The Balaban J connectivity index is 1.47. The summed E-state index contributed by atoms with van der Waals surface area (Å²) in [7, 11) is 1.90. The maximum Gasteiger partial charge on any atom is 0.405 e. The molecule has 3 aromatic rings. The predicted octanol–water partition coefficient (Wildman–Crippen LogP) is 6.92. The third-order valence-corrected chi connectivity index (χ3v) is 8.24. The molecular weight excluding hydrogens is 528 g/mol. The van der Waals surface area contributed by atoms with Crippen LogP contribution in [0.25, 0.3) is 22.4 Å². The van der Waals surface area contributed by atoms with Gasteiger partial charge in [-0.1, -0.05) is 68.4 Å². The monoisotopic (exact) mass is 570 g/mol. The molecule has 0 atom stereocenters. The topological polar surface area (TPSA) is 112 Å². The first-order valence-corrected chi connectivity index (χ1v) is 14.7. The van der Waals surface area contributed by atoms with E-state index in [0.717, 1.165) is 53.6 Å². The molecule has 0 unspecified atom stereocenters. The molecule has 42 heavy (non-hydrogen) atoms. The number of anilines is 1. The molecule has 0 radical (unpaired) electrons. The Kier molecular flexibility index (Phi) is 9.66. The van der Waals surface area contributed by atoms with E-state index in [4.69, 9.17) is 4.98 Å². The quantitative estimate of drug-likeness (QED) is 0.259. The number of nitrogens with zero attached hydrogens (tertiary/aromatic N) is 2. The van der Waals surface area contributed by atoms with Crippen LogP contribution in [0.4, 0.5) is 10.5 Å². The molecule has 222 valence electrons. The molecule has 1 fully saturated rings. The van der Waals surface area contributed by atoms with E-state index in [9.17, 15) is 19.5 Å². The van der Waals surface area contributed by atoms with Crippen LogP contribution in [-0.4, -0.2) is 46.0 Å². The molecule has 1 heterocycles. The SMILES string of the molecule is CC(C)C(=O)N(C)C1CCC(CC(=O)Nc2cnc(-c3ccc(C(C)(C)NC(=O)O)cc3)c(-c3ccccc3)c2)CC1. The fourth-order valence-electron chi connectivity index (χ4n) is 5.78. The standard InChI is InChI=1S/C34H42N4O4/c1-22(2)32(40)38(5)28-17-11-23(12-18-28)19-30(39)36-27-20-29(24-9-7-6-8-10-24)31(35-21-27)25-13-15-26(16-14-25)34(3,4)37-33(41)42/h6-10,13-16,20-23,28,37H,11-12,17-19H2,1-5H3,(H,36,39)(H,41,42). The highest BCUT2D eigenvalue weighted by molar-refractivity contribution is 5.93. The van der Waals surface area contributed by atoms with Gasteiger partial charge in [-0.05, 0) is 62.6 Å². The number of rotatable bonds is 9. The van der Waals surface area contributed by atoms with Crippen LogP contribution in [0.1, 0.15) is 65.4 Å². The number of aromatic nitrogens is 1. The number of nitrogens with one attached hydrogen (secondary N) is 2. The number of carbonyl (C=O) groups is 3. The highest BCUT2D eigenvalue weighted by Crippen LogP contribution is 2.34. The molecule has 3 amide bonds. The summed E-state index contributed by atoms with van der Waals surface area (Å²) < 4.78 is 0. The van der Waals surface area contributed by atoms with Gasteiger partial charge in [0.1, 0.15) is 0 Å². The predicted molar refractivity (Wildman–Crippen MR) is 166 cm³/mol. The second-order valence-electron chi connectivity index (χ2n) is 12.1. The Bertz CT molecular complexity index is 1390. The van der Waals surface area contributed by atoms with Gasteiger partial charge in [-0.15, -0.1) is 0 Å². The lowest BCUT2D eigenvalue weighted by atomic mass is 9.83. The van der Waals surface area contributed by atoms with Crippen molar-refractivity contribution >= 4 is 23.6 Å². The first-order valence-electron chi connectivity index (χ1n) is 14.7. The van der Waals surface area contributed by atoms with Crippen LogP contribution in [-0.2, 0) is 15.1 Å². The van der Waals surface area contributed by atoms with Gasteiger partial charge in [0.25, 0.3) is 0 Å². The van der Waals surface area contributed by atoms with Crippen LogP contribution in [0, 0.1) is 11.8 Å². The third-order valence-electron chi connectivity index (χ3n) is 8.24. The molecule has 0 spiro atoms. The summed E-state index contributed by atoms with van der Waals surface area (Å²) in [5.74, 6) is 0.433. The largest absolute Gasteiger partial charge is 0.465 e. The van der Waals surface area contributed by atoms with Crippen LogP contribution < -0.4 is 10.6 Å². The zero-order valence-corrected chi connectivity index (χ0v) is 25.2. The minimum Gasteiger partial charge on any atom is -0.465 e. The molecule has 3 N–H and O–H groups in total. The van der Waals surface area contributed by atoms with Crippen LogP contribution in [0.2, 0.25) is 0 Å². The van der Waals surface area contributed by atoms with Crippen LogP contribution in [0.15, 0.2) is 66.9 Å². The number of hydrogen-bond acceptors (Lipinski definition) is 4. The molecule has 1 aromatic heterocycles. The summed E-state index contributed by atoms with van der Waals surface area (Å²) in [6.45, 7) is 7.50. The van der Waals surface area contributed by atoms with Crippen LogP contribution in [0.5, 0.6) is 0 Å². The van der Waals surface area contributed by atoms with Crippen molar-refractivity contribution in [1.29, 1.82) is 0 Å². The fourth-order valence-corrected chi connectivity index (χ4v) is 5.78. The maximum atomic E-state index is 13.1. The Morgan fingerprint density at radius 2 is 1.62 bits per heavy atom. The lowest BCUT2D eigenvalue weighted by molar-refractivity contribution is -0.136. The van der Waals surface area contributed by atoms with Crippen molar-refractivity contribution in [2.24, 2.45) is 11.8 Å².